The predicted octanol–water partition coefficient (Wildman–Crippen LogP) is 0.981. The number of imidazole rings is 1. The Morgan fingerprint density at radius 3 is 2.62 bits per heavy atom. The fraction of sp³-hybridized carbons (Fsp3) is 0. The van der Waals surface area contributed by atoms with Crippen LogP contribution >= 0.6 is 0 Å². The molecule has 1 aromatic rings. The SMILES string of the molecule is C=Cn1ccnc1.[Cu]. The van der Waals surface area contributed by atoms with E-state index in [0.29, 0.717) is 0 Å². The maximum atomic E-state index is 3.78. The number of hydrogen-bond donors (Lipinski definition) is 0. The van der Waals surface area contributed by atoms with E-state index in [1.807, 2.05) is 6.20 Å². The molecule has 47 valence electrons. The number of aromatic nitrogens is 2. The molecule has 1 aromatic heterocycles. The Balaban J connectivity index is 0.000000490. The molecule has 0 unspecified atom stereocenters. The maximum absolute atomic E-state index is 3.78. The third-order valence-electron chi connectivity index (χ3n) is 0.736. The molecule has 0 atom stereocenters. The van der Waals surface area contributed by atoms with Gasteiger partial charge in [-0.3, -0.25) is 0 Å². The molecule has 0 aliphatic carbocycles. The van der Waals surface area contributed by atoms with E-state index in [4.69, 9.17) is 0 Å². The molecular formula is C5H6CuN2. The zero-order valence-electron chi connectivity index (χ0n) is 4.21. The Morgan fingerprint density at radius 1 is 1.62 bits per heavy atom. The summed E-state index contributed by atoms with van der Waals surface area (Å²) in [5, 5.41) is 0. The van der Waals surface area contributed by atoms with E-state index in [0.717, 1.165) is 0 Å². The topological polar surface area (TPSA) is 17.8 Å². The van der Waals surface area contributed by atoms with Crippen LogP contribution in [0.1, 0.15) is 0 Å². The van der Waals surface area contributed by atoms with Crippen LogP contribution in [0, 0.1) is 0 Å². The molecule has 1 radical (unpaired) electrons. The van der Waals surface area contributed by atoms with Gasteiger partial charge in [-0.15, -0.1) is 0 Å². The summed E-state index contributed by atoms with van der Waals surface area (Å²) in [5.41, 5.74) is 0. The second kappa shape index (κ2) is 3.47. The van der Waals surface area contributed by atoms with Gasteiger partial charge in [0.2, 0.25) is 0 Å². The van der Waals surface area contributed by atoms with Crippen LogP contribution in [0.25, 0.3) is 6.20 Å². The van der Waals surface area contributed by atoms with E-state index in [1.165, 1.54) is 0 Å². The number of hydrogen-bond acceptors (Lipinski definition) is 1. The molecule has 0 bridgehead atoms. The van der Waals surface area contributed by atoms with E-state index in [-0.39, 0.29) is 17.1 Å². The second-order valence-corrected chi connectivity index (χ2v) is 1.19. The third kappa shape index (κ3) is 1.52. The monoisotopic (exact) mass is 157 g/mol. The van der Waals surface area contributed by atoms with Gasteiger partial charge in [0, 0.05) is 35.7 Å². The minimum absolute atomic E-state index is 0. The normalized spacial score (nSPS) is 7.50. The third-order valence-corrected chi connectivity index (χ3v) is 0.736. The molecule has 3 heteroatoms. The van der Waals surface area contributed by atoms with E-state index < -0.39 is 0 Å². The summed E-state index contributed by atoms with van der Waals surface area (Å²) in [6, 6.07) is 0. The first-order valence-corrected chi connectivity index (χ1v) is 2.03. The summed E-state index contributed by atoms with van der Waals surface area (Å²) < 4.78 is 1.78. The van der Waals surface area contributed by atoms with Gasteiger partial charge in [0.1, 0.15) is 0 Å². The van der Waals surface area contributed by atoms with Crippen molar-refractivity contribution in [1.82, 2.24) is 9.55 Å². The van der Waals surface area contributed by atoms with Crippen LogP contribution in [0.3, 0.4) is 0 Å². The van der Waals surface area contributed by atoms with Crippen LogP contribution in [0.4, 0.5) is 0 Å². The van der Waals surface area contributed by atoms with Gasteiger partial charge in [-0.25, -0.2) is 4.98 Å². The van der Waals surface area contributed by atoms with Crippen molar-refractivity contribution in [1.29, 1.82) is 0 Å². The Morgan fingerprint density at radius 2 is 2.38 bits per heavy atom. The van der Waals surface area contributed by atoms with Crippen LogP contribution in [0.5, 0.6) is 0 Å². The first-order valence-electron chi connectivity index (χ1n) is 2.03. The second-order valence-electron chi connectivity index (χ2n) is 1.19. The molecule has 0 saturated heterocycles. The summed E-state index contributed by atoms with van der Waals surface area (Å²) >= 11 is 0. The minimum atomic E-state index is 0. The molecule has 0 aromatic carbocycles. The van der Waals surface area contributed by atoms with E-state index in [2.05, 4.69) is 11.6 Å². The van der Waals surface area contributed by atoms with E-state index in [9.17, 15) is 0 Å². The van der Waals surface area contributed by atoms with Gasteiger partial charge < -0.3 is 4.57 Å². The molecule has 0 aliphatic rings. The zero-order valence-corrected chi connectivity index (χ0v) is 5.15. The summed E-state index contributed by atoms with van der Waals surface area (Å²) in [6.45, 7) is 3.53. The van der Waals surface area contributed by atoms with Crippen LogP contribution in [-0.4, -0.2) is 9.55 Å². The van der Waals surface area contributed by atoms with Crippen molar-refractivity contribution >= 4 is 6.20 Å². The summed E-state index contributed by atoms with van der Waals surface area (Å²) in [6.07, 6.45) is 6.91. The number of nitrogens with zero attached hydrogens (tertiary/aromatic N) is 2. The van der Waals surface area contributed by atoms with Gasteiger partial charge in [-0.05, 0) is 0 Å². The van der Waals surface area contributed by atoms with Crippen molar-refractivity contribution in [3.63, 3.8) is 0 Å². The largest absolute Gasteiger partial charge is 0.314 e. The number of rotatable bonds is 1. The first kappa shape index (κ1) is 7.47. The molecule has 1 rings (SSSR count). The fourth-order valence-electron chi connectivity index (χ4n) is 0.377. The Bertz CT molecular complexity index is 145. The Hall–Kier alpha value is -0.531. The molecule has 0 fully saturated rings. The van der Waals surface area contributed by atoms with Gasteiger partial charge in [0.15, 0.2) is 0 Å². The van der Waals surface area contributed by atoms with Crippen molar-refractivity contribution in [2.45, 2.75) is 0 Å². The average Bonchev–Trinajstić information content (AvgIpc) is 2.14. The van der Waals surface area contributed by atoms with E-state index >= 15 is 0 Å². The molecule has 8 heavy (non-hydrogen) atoms. The molecule has 0 aliphatic heterocycles. The van der Waals surface area contributed by atoms with Crippen molar-refractivity contribution < 1.29 is 17.1 Å². The zero-order chi connectivity index (χ0) is 5.11. The predicted molar refractivity (Wildman–Crippen MR) is 28.6 cm³/mol. The molecule has 2 nitrogen and oxygen atoms in total. The van der Waals surface area contributed by atoms with Crippen LogP contribution in [-0.2, 0) is 17.1 Å². The molecule has 0 N–H and O–H groups in total. The van der Waals surface area contributed by atoms with Crippen molar-refractivity contribution in [2.75, 3.05) is 0 Å². The summed E-state index contributed by atoms with van der Waals surface area (Å²) in [5.74, 6) is 0. The summed E-state index contributed by atoms with van der Waals surface area (Å²) in [7, 11) is 0. The van der Waals surface area contributed by atoms with Crippen LogP contribution in [0.15, 0.2) is 25.3 Å². The van der Waals surface area contributed by atoms with Gasteiger partial charge >= 0.3 is 0 Å². The van der Waals surface area contributed by atoms with Gasteiger partial charge in [0.25, 0.3) is 0 Å². The van der Waals surface area contributed by atoms with Gasteiger partial charge in [0.05, 0.1) is 6.33 Å². The van der Waals surface area contributed by atoms with Gasteiger partial charge in [-0.1, -0.05) is 6.58 Å². The van der Waals surface area contributed by atoms with Crippen molar-refractivity contribution in [3.8, 4) is 0 Å². The summed E-state index contributed by atoms with van der Waals surface area (Å²) in [4.78, 5) is 3.78. The molecular weight excluding hydrogens is 152 g/mol. The van der Waals surface area contributed by atoms with Crippen molar-refractivity contribution in [3.05, 3.63) is 25.3 Å². The molecule has 1 heterocycles. The maximum Gasteiger partial charge on any atom is 0.0986 e. The Labute approximate surface area is 58.7 Å². The molecule has 0 amide bonds. The van der Waals surface area contributed by atoms with Gasteiger partial charge in [-0.2, -0.15) is 0 Å². The quantitative estimate of drug-likeness (QED) is 0.556. The fourth-order valence-corrected chi connectivity index (χ4v) is 0.377. The van der Waals surface area contributed by atoms with Crippen LogP contribution in [0.2, 0.25) is 0 Å². The van der Waals surface area contributed by atoms with E-state index in [1.54, 1.807) is 23.3 Å². The average molecular weight is 158 g/mol. The first-order chi connectivity index (χ1) is 3.43. The van der Waals surface area contributed by atoms with Crippen LogP contribution < -0.4 is 0 Å². The standard InChI is InChI=1S/C5H6N2.Cu/c1-2-7-4-3-6-5-7;/h2-5H,1H2;. The minimum Gasteiger partial charge on any atom is -0.314 e. The molecule has 0 spiro atoms. The van der Waals surface area contributed by atoms with Crippen molar-refractivity contribution in [2.24, 2.45) is 0 Å². The smallest absolute Gasteiger partial charge is 0.0986 e. The molecule has 0 saturated carbocycles. The Kier molecular flexibility index (Phi) is 3.24.